The number of carbonyl (C=O) groups is 1. The number of allylic oxidation sites excluding steroid dienone is 1. The number of fused-ring (bicyclic) bond motifs is 1. The number of rotatable bonds is 13. The van der Waals surface area contributed by atoms with E-state index < -0.39 is 21.5 Å². The molecule has 3 N–H and O–H groups in total. The maximum absolute atomic E-state index is 14.0. The van der Waals surface area contributed by atoms with Gasteiger partial charge in [-0.1, -0.05) is 50.3 Å². The summed E-state index contributed by atoms with van der Waals surface area (Å²) >= 11 is 0. The summed E-state index contributed by atoms with van der Waals surface area (Å²) in [4.78, 5) is 39.3. The largest absolute Gasteiger partial charge is 0.455 e. The fourth-order valence-corrected chi connectivity index (χ4v) is 11.7. The normalized spacial score (nSPS) is 23.4. The number of aromatic nitrogens is 2. The highest BCUT2D eigenvalue weighted by atomic mass is 32.2. The van der Waals surface area contributed by atoms with E-state index in [-0.39, 0.29) is 33.6 Å². The second-order valence-electron chi connectivity index (χ2n) is 19.2. The SMILES string of the molecule is CC(C)c1ccccc1[C@H]1CCCN1C1CC2(CCN(c3ccc(C(=O)NS(=O)(=O)c4cnc(NC[C@H]5CC[C@](C)(O)CC5)c(N=O)c4)c(Oc4cnc5c(c4)C=CC5)c3)CC2)C1. The van der Waals surface area contributed by atoms with Crippen LogP contribution in [0.5, 0.6) is 11.5 Å². The van der Waals surface area contributed by atoms with Gasteiger partial charge in [0.15, 0.2) is 11.5 Å². The first-order valence-electron chi connectivity index (χ1n) is 22.7. The number of pyridine rings is 2. The molecule has 4 fully saturated rings. The van der Waals surface area contributed by atoms with Crippen LogP contribution in [0.1, 0.15) is 130 Å². The minimum atomic E-state index is -4.49. The first-order chi connectivity index (χ1) is 30.3. The second-order valence-corrected chi connectivity index (χ2v) is 20.9. The van der Waals surface area contributed by atoms with Crippen molar-refractivity contribution in [1.82, 2.24) is 19.6 Å². The molecule has 4 aromatic rings. The first-order valence-corrected chi connectivity index (χ1v) is 24.2. The number of likely N-dealkylation sites (tertiary alicyclic amines) is 1. The lowest BCUT2D eigenvalue weighted by Crippen LogP contribution is -2.54. The van der Waals surface area contributed by atoms with Crippen molar-refractivity contribution < 1.29 is 23.1 Å². The molecule has 2 saturated heterocycles. The summed E-state index contributed by atoms with van der Waals surface area (Å²) in [5.41, 5.74) is 5.22. The molecule has 2 saturated carbocycles. The van der Waals surface area contributed by atoms with Gasteiger partial charge in [-0.05, 0) is 141 Å². The zero-order valence-electron chi connectivity index (χ0n) is 36.6. The van der Waals surface area contributed by atoms with E-state index in [0.29, 0.717) is 48.6 Å². The Bertz CT molecular complexity index is 2500. The van der Waals surface area contributed by atoms with E-state index in [9.17, 15) is 23.2 Å². The number of nitrogens with one attached hydrogen (secondary N) is 2. The third-order valence-electron chi connectivity index (χ3n) is 14.5. The van der Waals surface area contributed by atoms with Gasteiger partial charge in [0.05, 0.1) is 23.1 Å². The van der Waals surface area contributed by atoms with Crippen LogP contribution in [-0.4, -0.2) is 72.1 Å². The van der Waals surface area contributed by atoms with E-state index in [0.717, 1.165) is 80.9 Å². The number of amides is 1. The highest BCUT2D eigenvalue weighted by molar-refractivity contribution is 7.90. The number of nitroso groups, excluding NO2 is 1. The Morgan fingerprint density at radius 2 is 1.76 bits per heavy atom. The molecule has 14 heteroatoms. The number of hydrogen-bond acceptors (Lipinski definition) is 12. The van der Waals surface area contributed by atoms with Crippen molar-refractivity contribution in [3.63, 3.8) is 0 Å². The monoisotopic (exact) mass is 873 g/mol. The molecular formula is C49H59N7O6S. The Kier molecular flexibility index (Phi) is 11.9. The van der Waals surface area contributed by atoms with Crippen LogP contribution >= 0.6 is 0 Å². The molecule has 2 aliphatic heterocycles. The number of ether oxygens (including phenoxy) is 1. The number of carbonyl (C=O) groups excluding carboxylic acids is 1. The molecule has 2 aromatic carbocycles. The van der Waals surface area contributed by atoms with E-state index in [1.54, 1.807) is 12.3 Å². The zero-order valence-corrected chi connectivity index (χ0v) is 37.4. The molecule has 0 bridgehead atoms. The highest BCUT2D eigenvalue weighted by Gasteiger charge is 2.50. The Balaban J connectivity index is 0.885. The molecule has 0 unspecified atom stereocenters. The molecule has 13 nitrogen and oxygen atoms in total. The van der Waals surface area contributed by atoms with Crippen LogP contribution in [0.15, 0.2) is 83.1 Å². The molecule has 2 aromatic heterocycles. The molecule has 0 radical (unpaired) electrons. The molecule has 1 amide bonds. The average molecular weight is 874 g/mol. The van der Waals surface area contributed by atoms with Crippen molar-refractivity contribution in [3.8, 4) is 11.5 Å². The maximum atomic E-state index is 14.0. The Morgan fingerprint density at radius 1 is 0.984 bits per heavy atom. The third kappa shape index (κ3) is 9.12. The van der Waals surface area contributed by atoms with Crippen LogP contribution in [-0.2, 0) is 16.4 Å². The summed E-state index contributed by atoms with van der Waals surface area (Å²) in [7, 11) is -4.49. The molecule has 1 atom stereocenters. The van der Waals surface area contributed by atoms with Gasteiger partial charge in [-0.3, -0.25) is 14.7 Å². The van der Waals surface area contributed by atoms with Gasteiger partial charge < -0.3 is 20.1 Å². The van der Waals surface area contributed by atoms with Crippen molar-refractivity contribution in [1.29, 1.82) is 0 Å². The van der Waals surface area contributed by atoms with Gasteiger partial charge in [-0.15, -0.1) is 4.91 Å². The predicted octanol–water partition coefficient (Wildman–Crippen LogP) is 9.42. The third-order valence-corrected chi connectivity index (χ3v) is 15.8. The molecule has 3 aliphatic carbocycles. The van der Waals surface area contributed by atoms with Crippen molar-refractivity contribution in [2.75, 3.05) is 36.4 Å². The van der Waals surface area contributed by atoms with Crippen LogP contribution in [0.3, 0.4) is 0 Å². The summed E-state index contributed by atoms with van der Waals surface area (Å²) in [6.45, 7) is 9.81. The molecule has 1 spiro atoms. The number of hydrogen-bond donors (Lipinski definition) is 3. The van der Waals surface area contributed by atoms with Gasteiger partial charge >= 0.3 is 0 Å². The Labute approximate surface area is 370 Å². The van der Waals surface area contributed by atoms with Gasteiger partial charge in [-0.25, -0.2) is 18.1 Å². The summed E-state index contributed by atoms with van der Waals surface area (Å²) in [5, 5.41) is 16.5. The fourth-order valence-electron chi connectivity index (χ4n) is 10.8. The number of aliphatic hydroxyl groups is 1. The molecule has 4 heterocycles. The van der Waals surface area contributed by atoms with Crippen LogP contribution in [0, 0.1) is 16.2 Å². The minimum absolute atomic E-state index is 0.0272. The first kappa shape index (κ1) is 43.1. The van der Waals surface area contributed by atoms with Crippen molar-refractivity contribution >= 4 is 39.2 Å². The molecule has 9 rings (SSSR count). The lowest BCUT2D eigenvalue weighted by Gasteiger charge is -2.56. The minimum Gasteiger partial charge on any atom is -0.455 e. The van der Waals surface area contributed by atoms with Gasteiger partial charge in [-0.2, -0.15) is 0 Å². The van der Waals surface area contributed by atoms with E-state index in [1.165, 1.54) is 36.8 Å². The fraction of sp³-hybridized carbons (Fsp3) is 0.490. The van der Waals surface area contributed by atoms with Crippen molar-refractivity contribution in [2.45, 2.75) is 120 Å². The van der Waals surface area contributed by atoms with Gasteiger partial charge in [0, 0.05) is 56.1 Å². The number of anilines is 2. The average Bonchev–Trinajstić information content (AvgIpc) is 3.95. The highest BCUT2D eigenvalue weighted by Crippen LogP contribution is 2.54. The van der Waals surface area contributed by atoms with Crippen LogP contribution < -0.4 is 19.7 Å². The standard InChI is InChI=1S/C49H59N7O6S/c1-32(2)39-9-4-5-10-40(39)44-12-7-21-56(44)36-27-49(28-36)19-22-55(23-20-49)35-13-14-41(45(25-35)62-37-24-34-8-6-11-42(34)50-30-37)47(57)54-63(60,61)38-26-43(53-59)46(52-31-38)51-29-33-15-17-48(3,58)18-16-33/h4-6,8-10,13-14,24-26,30-33,36,44,58H,7,11-12,15-23,27-29H2,1-3H3,(H,51,52)(H,54,57)/t33-,44-,48-/m1/s1. The summed E-state index contributed by atoms with van der Waals surface area (Å²) in [6.07, 6.45) is 17.5. The topological polar surface area (TPSA) is 166 Å². The summed E-state index contributed by atoms with van der Waals surface area (Å²) < 4.78 is 35.9. The number of nitrogens with zero attached hydrogens (tertiary/aromatic N) is 5. The van der Waals surface area contributed by atoms with Crippen molar-refractivity contribution in [3.05, 3.63) is 106 Å². The van der Waals surface area contributed by atoms with E-state index in [4.69, 9.17) is 4.74 Å². The van der Waals surface area contributed by atoms with Crippen LogP contribution in [0.4, 0.5) is 17.2 Å². The number of piperidine rings is 1. The lowest BCUT2D eigenvalue weighted by atomic mass is 9.59. The lowest BCUT2D eigenvalue weighted by molar-refractivity contribution is -0.0227. The van der Waals surface area contributed by atoms with E-state index in [2.05, 4.69) is 73.1 Å². The van der Waals surface area contributed by atoms with Gasteiger partial charge in [0.1, 0.15) is 16.4 Å². The van der Waals surface area contributed by atoms with Crippen LogP contribution in [0.25, 0.3) is 6.08 Å². The molecule has 5 aliphatic rings. The molecule has 332 valence electrons. The Hall–Kier alpha value is -5.18. The molecular weight excluding hydrogens is 815 g/mol. The van der Waals surface area contributed by atoms with Crippen LogP contribution in [0.2, 0.25) is 0 Å². The van der Waals surface area contributed by atoms with Gasteiger partial charge in [0.2, 0.25) is 0 Å². The maximum Gasteiger partial charge on any atom is 0.268 e. The van der Waals surface area contributed by atoms with E-state index >= 15 is 0 Å². The molecule has 63 heavy (non-hydrogen) atoms. The van der Waals surface area contributed by atoms with Crippen molar-refractivity contribution in [2.24, 2.45) is 16.5 Å². The van der Waals surface area contributed by atoms with E-state index in [1.807, 2.05) is 37.3 Å². The van der Waals surface area contributed by atoms with Gasteiger partial charge in [0.25, 0.3) is 15.9 Å². The Morgan fingerprint density at radius 3 is 2.52 bits per heavy atom. The summed E-state index contributed by atoms with van der Waals surface area (Å²) in [6, 6.07) is 18.4. The number of sulfonamides is 1. The quantitative estimate of drug-likeness (QED) is 0.110. The summed E-state index contributed by atoms with van der Waals surface area (Å²) in [5.74, 6) is 0.651. The smallest absolute Gasteiger partial charge is 0.268 e. The predicted molar refractivity (Wildman–Crippen MR) is 245 cm³/mol. The number of benzene rings is 2. The second kappa shape index (κ2) is 17.4. The zero-order chi connectivity index (χ0) is 43.9.